The Morgan fingerprint density at radius 2 is 2.04 bits per heavy atom. The third-order valence-electron chi connectivity index (χ3n) is 8.60. The first-order valence-corrected chi connectivity index (χ1v) is 11.2. The molecule has 2 nitrogen and oxygen atoms in total. The highest BCUT2D eigenvalue weighted by atomic mass is 16.5. The molecule has 3 unspecified atom stereocenters. The second-order valence-electron chi connectivity index (χ2n) is 9.58. The molecule has 3 fully saturated rings. The molecule has 2 heteroatoms. The van der Waals surface area contributed by atoms with Gasteiger partial charge >= 0.3 is 0 Å². The van der Waals surface area contributed by atoms with Crippen LogP contribution in [0.2, 0.25) is 0 Å². The molecule has 4 atom stereocenters. The molecule has 26 heavy (non-hydrogen) atoms. The first-order valence-electron chi connectivity index (χ1n) is 11.2. The number of hydrogen-bond acceptors (Lipinski definition) is 2. The number of piperidine rings is 1. The first-order chi connectivity index (χ1) is 12.7. The Hall–Kier alpha value is -1.02. The van der Waals surface area contributed by atoms with Gasteiger partial charge in [-0.15, -0.1) is 0 Å². The van der Waals surface area contributed by atoms with Crippen molar-refractivity contribution in [1.82, 2.24) is 4.90 Å². The van der Waals surface area contributed by atoms with Crippen molar-refractivity contribution in [2.24, 2.45) is 17.8 Å². The zero-order valence-electron chi connectivity index (χ0n) is 16.7. The van der Waals surface area contributed by atoms with Crippen LogP contribution < -0.4 is 4.74 Å². The molecule has 142 valence electrons. The van der Waals surface area contributed by atoms with E-state index >= 15 is 0 Å². The van der Waals surface area contributed by atoms with Gasteiger partial charge < -0.3 is 4.74 Å². The highest BCUT2D eigenvalue weighted by Crippen LogP contribution is 2.58. The van der Waals surface area contributed by atoms with Gasteiger partial charge in [-0.25, -0.2) is 0 Å². The zero-order chi connectivity index (χ0) is 17.7. The summed E-state index contributed by atoms with van der Waals surface area (Å²) < 4.78 is 5.63. The molecular weight excluding hydrogens is 318 g/mol. The van der Waals surface area contributed by atoms with Crippen molar-refractivity contribution in [3.63, 3.8) is 0 Å². The Morgan fingerprint density at radius 1 is 1.15 bits per heavy atom. The average molecular weight is 354 g/mol. The van der Waals surface area contributed by atoms with E-state index < -0.39 is 0 Å². The summed E-state index contributed by atoms with van der Waals surface area (Å²) in [6.45, 7) is 5.14. The van der Waals surface area contributed by atoms with Gasteiger partial charge in [-0.2, -0.15) is 0 Å². The zero-order valence-corrected chi connectivity index (χ0v) is 16.7. The van der Waals surface area contributed by atoms with Crippen molar-refractivity contribution >= 4 is 0 Å². The molecule has 5 rings (SSSR count). The lowest BCUT2D eigenvalue weighted by atomic mass is 9.49. The molecule has 1 heterocycles. The molecule has 1 aromatic rings. The van der Waals surface area contributed by atoms with Gasteiger partial charge in [0.25, 0.3) is 0 Å². The van der Waals surface area contributed by atoms with E-state index in [0.29, 0.717) is 5.41 Å². The number of fused-ring (bicyclic) bond motifs is 1. The second-order valence-corrected chi connectivity index (χ2v) is 9.58. The lowest BCUT2D eigenvalue weighted by Gasteiger charge is -2.62. The molecule has 1 saturated heterocycles. The SMILES string of the molecule is CCC1CCCC23CCN(CC4CCC4)C(Cc4ccc(OC)cc42)[C@H]13. The third-order valence-corrected chi connectivity index (χ3v) is 8.60. The van der Waals surface area contributed by atoms with Gasteiger partial charge in [-0.05, 0) is 79.7 Å². The van der Waals surface area contributed by atoms with Crippen LogP contribution in [0.5, 0.6) is 5.75 Å². The molecule has 0 aromatic heterocycles. The quantitative estimate of drug-likeness (QED) is 0.738. The molecular formula is C24H35NO. The van der Waals surface area contributed by atoms with Crippen LogP contribution in [0.4, 0.5) is 0 Å². The van der Waals surface area contributed by atoms with Crippen molar-refractivity contribution in [2.45, 2.75) is 76.2 Å². The Morgan fingerprint density at radius 3 is 2.77 bits per heavy atom. The largest absolute Gasteiger partial charge is 0.497 e. The molecule has 2 saturated carbocycles. The van der Waals surface area contributed by atoms with Crippen molar-refractivity contribution in [1.29, 1.82) is 0 Å². The maximum Gasteiger partial charge on any atom is 0.119 e. The highest BCUT2D eigenvalue weighted by molar-refractivity contribution is 5.46. The predicted octanol–water partition coefficient (Wildman–Crippen LogP) is 5.19. The fourth-order valence-electron chi connectivity index (χ4n) is 7.13. The van der Waals surface area contributed by atoms with E-state index in [4.69, 9.17) is 4.74 Å². The number of benzene rings is 1. The van der Waals surface area contributed by atoms with Crippen molar-refractivity contribution in [3.8, 4) is 5.75 Å². The van der Waals surface area contributed by atoms with Crippen molar-refractivity contribution < 1.29 is 4.74 Å². The summed E-state index contributed by atoms with van der Waals surface area (Å²) in [6, 6.07) is 7.79. The first kappa shape index (κ1) is 17.1. The summed E-state index contributed by atoms with van der Waals surface area (Å²) >= 11 is 0. The van der Waals surface area contributed by atoms with E-state index in [0.717, 1.165) is 29.5 Å². The van der Waals surface area contributed by atoms with Crippen LogP contribution in [0.15, 0.2) is 18.2 Å². The molecule has 1 aromatic carbocycles. The average Bonchev–Trinajstić information content (AvgIpc) is 2.65. The molecule has 0 N–H and O–H groups in total. The number of hydrogen-bond donors (Lipinski definition) is 0. The third kappa shape index (κ3) is 2.47. The topological polar surface area (TPSA) is 12.5 Å². The number of nitrogens with zero attached hydrogens (tertiary/aromatic N) is 1. The van der Waals surface area contributed by atoms with Gasteiger partial charge in [-0.3, -0.25) is 4.90 Å². The monoisotopic (exact) mass is 353 g/mol. The van der Waals surface area contributed by atoms with Crippen molar-refractivity contribution in [2.75, 3.05) is 20.2 Å². The van der Waals surface area contributed by atoms with Crippen LogP contribution in [0, 0.1) is 17.8 Å². The van der Waals surface area contributed by atoms with Gasteiger partial charge in [0, 0.05) is 18.0 Å². The molecule has 0 amide bonds. The fourth-order valence-corrected chi connectivity index (χ4v) is 7.13. The molecule has 0 spiro atoms. The standard InChI is InChI=1S/C24H35NO/c1-3-18-8-5-11-24-12-13-25(16-17-6-4-7-17)22(23(18)24)14-19-9-10-20(26-2)15-21(19)24/h9-10,15,17-18,22-23H,3-8,11-14,16H2,1-2H3/t18?,22?,23-,24?/m0/s1. The molecule has 0 radical (unpaired) electrons. The van der Waals surface area contributed by atoms with Crippen LogP contribution in [-0.2, 0) is 11.8 Å². The summed E-state index contributed by atoms with van der Waals surface area (Å²) in [7, 11) is 1.82. The Bertz CT molecular complexity index is 666. The summed E-state index contributed by atoms with van der Waals surface area (Å²) in [4.78, 5) is 2.94. The lowest BCUT2D eigenvalue weighted by Crippen LogP contribution is -2.63. The van der Waals surface area contributed by atoms with Crippen LogP contribution in [0.3, 0.4) is 0 Å². The van der Waals surface area contributed by atoms with E-state index in [1.54, 1.807) is 11.1 Å². The summed E-state index contributed by atoms with van der Waals surface area (Å²) in [5, 5.41) is 0. The van der Waals surface area contributed by atoms with Gasteiger partial charge in [0.05, 0.1) is 7.11 Å². The van der Waals surface area contributed by atoms with Crippen LogP contribution >= 0.6 is 0 Å². The Balaban J connectivity index is 1.57. The van der Waals surface area contributed by atoms with Crippen LogP contribution in [0.1, 0.15) is 69.4 Å². The highest BCUT2D eigenvalue weighted by Gasteiger charge is 2.56. The molecule has 1 aliphatic heterocycles. The van der Waals surface area contributed by atoms with Gasteiger partial charge in [-0.1, -0.05) is 38.7 Å². The summed E-state index contributed by atoms with van der Waals surface area (Å²) in [5.41, 5.74) is 3.73. The Labute approximate surface area is 159 Å². The molecule has 4 aliphatic rings. The van der Waals surface area contributed by atoms with E-state index in [-0.39, 0.29) is 0 Å². The lowest BCUT2D eigenvalue weighted by molar-refractivity contribution is -0.0540. The molecule has 3 aliphatic carbocycles. The number of methoxy groups -OCH3 is 1. The van der Waals surface area contributed by atoms with Crippen LogP contribution in [0.25, 0.3) is 0 Å². The minimum atomic E-state index is 0.432. The van der Waals surface area contributed by atoms with E-state index in [1.807, 2.05) is 7.11 Å². The maximum atomic E-state index is 5.63. The predicted molar refractivity (Wildman–Crippen MR) is 107 cm³/mol. The van der Waals surface area contributed by atoms with Gasteiger partial charge in [0.1, 0.15) is 5.75 Å². The van der Waals surface area contributed by atoms with E-state index in [1.165, 1.54) is 70.9 Å². The normalized spacial score (nSPS) is 36.8. The van der Waals surface area contributed by atoms with E-state index in [2.05, 4.69) is 30.0 Å². The van der Waals surface area contributed by atoms with Gasteiger partial charge in [0.2, 0.25) is 0 Å². The Kier molecular flexibility index (Phi) is 4.31. The number of rotatable bonds is 4. The maximum absolute atomic E-state index is 5.63. The smallest absolute Gasteiger partial charge is 0.119 e. The summed E-state index contributed by atoms with van der Waals surface area (Å²) in [5.74, 6) is 3.83. The number of likely N-dealkylation sites (tertiary alicyclic amines) is 1. The van der Waals surface area contributed by atoms with Gasteiger partial charge in [0.15, 0.2) is 0 Å². The second kappa shape index (κ2) is 6.55. The minimum absolute atomic E-state index is 0.432. The summed E-state index contributed by atoms with van der Waals surface area (Å²) in [6.07, 6.45) is 12.7. The fraction of sp³-hybridized carbons (Fsp3) is 0.750. The van der Waals surface area contributed by atoms with E-state index in [9.17, 15) is 0 Å². The number of ether oxygens (including phenoxy) is 1. The minimum Gasteiger partial charge on any atom is -0.497 e. The molecule has 2 bridgehead atoms. The van der Waals surface area contributed by atoms with Crippen LogP contribution in [-0.4, -0.2) is 31.1 Å². The van der Waals surface area contributed by atoms with Crippen molar-refractivity contribution in [3.05, 3.63) is 29.3 Å².